The lowest BCUT2D eigenvalue weighted by Gasteiger charge is -2.16. The van der Waals surface area contributed by atoms with E-state index in [1.54, 1.807) is 18.2 Å². The van der Waals surface area contributed by atoms with Crippen molar-refractivity contribution in [3.05, 3.63) is 35.9 Å². The van der Waals surface area contributed by atoms with E-state index in [0.717, 1.165) is 31.2 Å². The van der Waals surface area contributed by atoms with Crippen molar-refractivity contribution >= 4 is 27.8 Å². The zero-order chi connectivity index (χ0) is 16.3. The predicted molar refractivity (Wildman–Crippen MR) is 89.6 cm³/mol. The maximum absolute atomic E-state index is 11.9. The van der Waals surface area contributed by atoms with Gasteiger partial charge in [-0.2, -0.15) is 0 Å². The first-order valence-corrected chi connectivity index (χ1v) is 9.65. The third kappa shape index (κ3) is 3.93. The monoisotopic (exact) mass is 335 g/mol. The Bertz CT molecular complexity index is 688. The molecule has 3 rings (SSSR count). The molecular formula is C17H21NO4S. The SMILES string of the molecule is O=C(C=Cc1ccc(N2CCCS2(=O)=O)cc1)OC1CCCC1. The van der Waals surface area contributed by atoms with Crippen LogP contribution in [-0.2, 0) is 19.6 Å². The molecule has 2 fully saturated rings. The minimum absolute atomic E-state index is 0.0647. The second-order valence-electron chi connectivity index (χ2n) is 6.01. The minimum Gasteiger partial charge on any atom is -0.459 e. The van der Waals surface area contributed by atoms with Crippen molar-refractivity contribution in [2.75, 3.05) is 16.6 Å². The molecule has 1 aliphatic carbocycles. The van der Waals surface area contributed by atoms with Gasteiger partial charge in [-0.15, -0.1) is 0 Å². The van der Waals surface area contributed by atoms with Crippen LogP contribution in [0.2, 0.25) is 0 Å². The van der Waals surface area contributed by atoms with Gasteiger partial charge in [-0.1, -0.05) is 12.1 Å². The van der Waals surface area contributed by atoms with Crippen LogP contribution in [0.15, 0.2) is 30.3 Å². The van der Waals surface area contributed by atoms with Crippen LogP contribution in [0.25, 0.3) is 6.08 Å². The summed E-state index contributed by atoms with van der Waals surface area (Å²) in [5, 5.41) is 0. The number of carbonyl (C=O) groups is 1. The summed E-state index contributed by atoms with van der Waals surface area (Å²) in [7, 11) is -3.15. The number of anilines is 1. The highest BCUT2D eigenvalue weighted by Gasteiger charge is 2.28. The van der Waals surface area contributed by atoms with E-state index in [2.05, 4.69) is 0 Å². The van der Waals surface area contributed by atoms with E-state index < -0.39 is 10.0 Å². The number of esters is 1. The third-order valence-corrected chi connectivity index (χ3v) is 6.15. The normalized spacial score (nSPS) is 21.1. The maximum atomic E-state index is 11.9. The van der Waals surface area contributed by atoms with E-state index in [4.69, 9.17) is 4.74 Å². The highest BCUT2D eigenvalue weighted by Crippen LogP contribution is 2.24. The molecule has 0 radical (unpaired) electrons. The molecular weight excluding hydrogens is 314 g/mol. The molecule has 0 unspecified atom stereocenters. The van der Waals surface area contributed by atoms with Crippen LogP contribution in [-0.4, -0.2) is 32.8 Å². The van der Waals surface area contributed by atoms with Gasteiger partial charge >= 0.3 is 5.97 Å². The second kappa shape index (κ2) is 6.74. The molecule has 1 saturated carbocycles. The average molecular weight is 335 g/mol. The van der Waals surface area contributed by atoms with Crippen LogP contribution in [0, 0.1) is 0 Å². The van der Waals surface area contributed by atoms with Gasteiger partial charge in [0, 0.05) is 12.6 Å². The molecule has 6 heteroatoms. The summed E-state index contributed by atoms with van der Waals surface area (Å²) in [6.45, 7) is 0.533. The highest BCUT2D eigenvalue weighted by atomic mass is 32.2. The first-order chi connectivity index (χ1) is 11.0. The summed E-state index contributed by atoms with van der Waals surface area (Å²) in [6, 6.07) is 7.15. The molecule has 1 aromatic carbocycles. The molecule has 1 aliphatic heterocycles. The average Bonchev–Trinajstić information content (AvgIpc) is 3.15. The topological polar surface area (TPSA) is 63.7 Å². The number of carbonyl (C=O) groups excluding carboxylic acids is 1. The first-order valence-electron chi connectivity index (χ1n) is 8.04. The van der Waals surface area contributed by atoms with E-state index >= 15 is 0 Å². The van der Waals surface area contributed by atoms with E-state index in [1.165, 1.54) is 10.4 Å². The van der Waals surface area contributed by atoms with E-state index in [-0.39, 0.29) is 17.8 Å². The zero-order valence-corrected chi connectivity index (χ0v) is 13.8. The van der Waals surface area contributed by atoms with Crippen molar-refractivity contribution in [2.24, 2.45) is 0 Å². The predicted octanol–water partition coefficient (Wildman–Crippen LogP) is 2.73. The standard InChI is InChI=1S/C17H21NO4S/c19-17(22-16-4-1-2-5-16)11-8-14-6-9-15(10-7-14)18-12-3-13-23(18,20)21/h6-11,16H,1-5,12-13H2. The molecule has 124 valence electrons. The summed E-state index contributed by atoms with van der Waals surface area (Å²) >= 11 is 0. The van der Waals surface area contributed by atoms with Crippen LogP contribution in [0.1, 0.15) is 37.7 Å². The molecule has 1 heterocycles. The molecule has 1 aromatic rings. The van der Waals surface area contributed by atoms with Gasteiger partial charge in [-0.3, -0.25) is 4.31 Å². The van der Waals surface area contributed by atoms with Crippen molar-refractivity contribution < 1.29 is 17.9 Å². The van der Waals surface area contributed by atoms with Gasteiger partial charge < -0.3 is 4.74 Å². The smallest absolute Gasteiger partial charge is 0.331 e. The van der Waals surface area contributed by atoms with Crippen LogP contribution in [0.4, 0.5) is 5.69 Å². The Labute approximate surface area is 137 Å². The molecule has 1 saturated heterocycles. The fraction of sp³-hybridized carbons (Fsp3) is 0.471. The van der Waals surface area contributed by atoms with E-state index in [9.17, 15) is 13.2 Å². The summed E-state index contributed by atoms with van der Waals surface area (Å²) in [4.78, 5) is 11.7. The lowest BCUT2D eigenvalue weighted by molar-refractivity contribution is -0.142. The Balaban J connectivity index is 1.61. The lowest BCUT2D eigenvalue weighted by Crippen LogP contribution is -2.24. The largest absolute Gasteiger partial charge is 0.459 e. The molecule has 0 aromatic heterocycles. The van der Waals surface area contributed by atoms with Crippen molar-refractivity contribution in [1.29, 1.82) is 0 Å². The Morgan fingerprint density at radius 3 is 2.43 bits per heavy atom. The quantitative estimate of drug-likeness (QED) is 0.627. The molecule has 0 N–H and O–H groups in total. The van der Waals surface area contributed by atoms with Gasteiger partial charge in [0.1, 0.15) is 6.10 Å². The number of hydrogen-bond acceptors (Lipinski definition) is 4. The Morgan fingerprint density at radius 2 is 1.83 bits per heavy atom. The highest BCUT2D eigenvalue weighted by molar-refractivity contribution is 7.93. The summed E-state index contributed by atoms with van der Waals surface area (Å²) in [5.74, 6) is -0.107. The van der Waals surface area contributed by atoms with Crippen LogP contribution in [0.3, 0.4) is 0 Å². The van der Waals surface area contributed by atoms with Gasteiger partial charge in [0.2, 0.25) is 10.0 Å². The number of rotatable bonds is 4. The van der Waals surface area contributed by atoms with Gasteiger partial charge in [-0.05, 0) is 55.9 Å². The Kier molecular flexibility index (Phi) is 4.71. The summed E-state index contributed by atoms with van der Waals surface area (Å²) in [6.07, 6.45) is 8.02. The van der Waals surface area contributed by atoms with Crippen molar-refractivity contribution in [3.8, 4) is 0 Å². The van der Waals surface area contributed by atoms with Crippen molar-refractivity contribution in [2.45, 2.75) is 38.2 Å². The van der Waals surface area contributed by atoms with Crippen molar-refractivity contribution in [3.63, 3.8) is 0 Å². The first kappa shape index (κ1) is 16.1. The number of hydrogen-bond donors (Lipinski definition) is 0. The third-order valence-electron chi connectivity index (χ3n) is 4.28. The zero-order valence-electron chi connectivity index (χ0n) is 13.0. The molecule has 23 heavy (non-hydrogen) atoms. The van der Waals surface area contributed by atoms with E-state index in [0.29, 0.717) is 18.7 Å². The van der Waals surface area contributed by atoms with Gasteiger partial charge in [0.25, 0.3) is 0 Å². The molecule has 0 bridgehead atoms. The maximum Gasteiger partial charge on any atom is 0.331 e. The second-order valence-corrected chi connectivity index (χ2v) is 8.02. The summed E-state index contributed by atoms with van der Waals surface area (Å²) in [5.41, 5.74) is 1.52. The number of ether oxygens (including phenoxy) is 1. The molecule has 0 spiro atoms. The van der Waals surface area contributed by atoms with Crippen LogP contribution < -0.4 is 4.31 Å². The number of nitrogens with zero attached hydrogens (tertiary/aromatic N) is 1. The molecule has 0 atom stereocenters. The van der Waals surface area contributed by atoms with Gasteiger partial charge in [0.15, 0.2) is 0 Å². The van der Waals surface area contributed by atoms with Crippen LogP contribution >= 0.6 is 0 Å². The molecule has 5 nitrogen and oxygen atoms in total. The van der Waals surface area contributed by atoms with E-state index in [1.807, 2.05) is 12.1 Å². The van der Waals surface area contributed by atoms with Crippen molar-refractivity contribution in [1.82, 2.24) is 0 Å². The van der Waals surface area contributed by atoms with Gasteiger partial charge in [-0.25, -0.2) is 13.2 Å². The minimum atomic E-state index is -3.15. The Morgan fingerprint density at radius 1 is 1.13 bits per heavy atom. The number of sulfonamides is 1. The Hall–Kier alpha value is -1.82. The number of benzene rings is 1. The molecule has 2 aliphatic rings. The molecule has 0 amide bonds. The fourth-order valence-electron chi connectivity index (χ4n) is 3.06. The van der Waals surface area contributed by atoms with Crippen LogP contribution in [0.5, 0.6) is 0 Å². The lowest BCUT2D eigenvalue weighted by atomic mass is 10.2. The summed E-state index contributed by atoms with van der Waals surface area (Å²) < 4.78 is 30.5. The van der Waals surface area contributed by atoms with Gasteiger partial charge in [0.05, 0.1) is 11.4 Å². The fourth-order valence-corrected chi connectivity index (χ4v) is 4.62.